The summed E-state index contributed by atoms with van der Waals surface area (Å²) >= 11 is 0. The number of imidazole rings is 1. The molecule has 1 aromatic carbocycles. The van der Waals surface area contributed by atoms with E-state index in [1.807, 2.05) is 54.0 Å². The molecule has 0 spiro atoms. The smallest absolute Gasteiger partial charge is 0.153 e. The molecule has 0 aliphatic carbocycles. The lowest BCUT2D eigenvalue weighted by atomic mass is 10.2. The van der Waals surface area contributed by atoms with E-state index in [4.69, 9.17) is 9.84 Å². The number of aryl methyl sites for hydroxylation is 1. The van der Waals surface area contributed by atoms with Gasteiger partial charge in [-0.15, -0.1) is 5.10 Å². The highest BCUT2D eigenvalue weighted by atomic mass is 16.5. The maximum absolute atomic E-state index is 5.94. The SMILES string of the molecule is Cc1cn2nc(N3CCC[C@H]3COc3ccccc3)ccc2n1. The van der Waals surface area contributed by atoms with Gasteiger partial charge in [0.15, 0.2) is 5.65 Å². The van der Waals surface area contributed by atoms with Crippen LogP contribution in [0.15, 0.2) is 48.7 Å². The third-order valence-electron chi connectivity index (χ3n) is 4.28. The van der Waals surface area contributed by atoms with Crippen molar-refractivity contribution in [2.24, 2.45) is 0 Å². The summed E-state index contributed by atoms with van der Waals surface area (Å²) in [6.07, 6.45) is 4.27. The summed E-state index contributed by atoms with van der Waals surface area (Å²) in [6.45, 7) is 3.70. The summed E-state index contributed by atoms with van der Waals surface area (Å²) in [5.74, 6) is 1.92. The minimum atomic E-state index is 0.366. The summed E-state index contributed by atoms with van der Waals surface area (Å²) in [4.78, 5) is 6.78. The van der Waals surface area contributed by atoms with E-state index >= 15 is 0 Å². The zero-order chi connectivity index (χ0) is 15.6. The lowest BCUT2D eigenvalue weighted by Crippen LogP contribution is -2.35. The van der Waals surface area contributed by atoms with Crippen molar-refractivity contribution in [1.29, 1.82) is 0 Å². The predicted molar refractivity (Wildman–Crippen MR) is 90.0 cm³/mol. The molecule has 118 valence electrons. The Morgan fingerprint density at radius 3 is 2.91 bits per heavy atom. The van der Waals surface area contributed by atoms with Crippen molar-refractivity contribution in [3.63, 3.8) is 0 Å². The zero-order valence-electron chi connectivity index (χ0n) is 13.2. The molecule has 3 heterocycles. The van der Waals surface area contributed by atoms with Crippen LogP contribution in [0, 0.1) is 6.92 Å². The number of benzene rings is 1. The van der Waals surface area contributed by atoms with Crippen molar-refractivity contribution in [1.82, 2.24) is 14.6 Å². The summed E-state index contributed by atoms with van der Waals surface area (Å²) in [6, 6.07) is 14.4. The van der Waals surface area contributed by atoms with E-state index in [-0.39, 0.29) is 0 Å². The summed E-state index contributed by atoms with van der Waals surface area (Å²) < 4.78 is 7.80. The molecule has 5 nitrogen and oxygen atoms in total. The van der Waals surface area contributed by atoms with E-state index in [0.29, 0.717) is 12.6 Å². The molecule has 2 aromatic heterocycles. The monoisotopic (exact) mass is 308 g/mol. The Labute approximate surface area is 135 Å². The van der Waals surface area contributed by atoms with Crippen LogP contribution in [-0.4, -0.2) is 33.8 Å². The fraction of sp³-hybridized carbons (Fsp3) is 0.333. The lowest BCUT2D eigenvalue weighted by Gasteiger charge is -2.25. The summed E-state index contributed by atoms with van der Waals surface area (Å²) in [7, 11) is 0. The molecule has 23 heavy (non-hydrogen) atoms. The van der Waals surface area contributed by atoms with E-state index in [9.17, 15) is 0 Å². The molecular formula is C18H20N4O. The Kier molecular flexibility index (Phi) is 3.61. The van der Waals surface area contributed by atoms with E-state index < -0.39 is 0 Å². The molecule has 0 amide bonds. The minimum Gasteiger partial charge on any atom is -0.491 e. The predicted octanol–water partition coefficient (Wildman–Crippen LogP) is 3.09. The van der Waals surface area contributed by atoms with E-state index in [1.54, 1.807) is 0 Å². The molecule has 5 heteroatoms. The molecule has 1 atom stereocenters. The lowest BCUT2D eigenvalue weighted by molar-refractivity contribution is 0.288. The van der Waals surface area contributed by atoms with E-state index in [0.717, 1.165) is 35.9 Å². The quantitative estimate of drug-likeness (QED) is 0.743. The Hall–Kier alpha value is -2.56. The molecule has 1 aliphatic heterocycles. The Balaban J connectivity index is 1.51. The van der Waals surface area contributed by atoms with Gasteiger partial charge in [-0.05, 0) is 44.0 Å². The fourth-order valence-corrected chi connectivity index (χ4v) is 3.16. The van der Waals surface area contributed by atoms with Crippen LogP contribution >= 0.6 is 0 Å². The van der Waals surface area contributed by atoms with Gasteiger partial charge in [-0.2, -0.15) is 0 Å². The second-order valence-corrected chi connectivity index (χ2v) is 5.99. The largest absolute Gasteiger partial charge is 0.491 e. The first-order chi connectivity index (χ1) is 11.3. The van der Waals surface area contributed by atoms with Crippen LogP contribution in [0.2, 0.25) is 0 Å². The number of nitrogens with zero attached hydrogens (tertiary/aromatic N) is 4. The van der Waals surface area contributed by atoms with Crippen LogP contribution in [0.5, 0.6) is 5.75 Å². The van der Waals surface area contributed by atoms with Gasteiger partial charge in [-0.25, -0.2) is 9.50 Å². The highest BCUT2D eigenvalue weighted by Gasteiger charge is 2.26. The number of hydrogen-bond donors (Lipinski definition) is 0. The van der Waals surface area contributed by atoms with E-state index in [2.05, 4.69) is 16.0 Å². The number of ether oxygens (including phenoxy) is 1. The van der Waals surface area contributed by atoms with Crippen molar-refractivity contribution in [3.8, 4) is 5.75 Å². The van der Waals surface area contributed by atoms with Gasteiger partial charge in [0, 0.05) is 6.54 Å². The topological polar surface area (TPSA) is 42.7 Å². The fourth-order valence-electron chi connectivity index (χ4n) is 3.16. The molecule has 4 rings (SSSR count). The standard InChI is InChI=1S/C18H20N4O/c1-14-12-22-17(19-14)9-10-18(20-22)21-11-5-6-15(21)13-23-16-7-3-2-4-8-16/h2-4,7-10,12,15H,5-6,11,13H2,1H3/t15-/m0/s1. The van der Waals surface area contributed by atoms with Crippen molar-refractivity contribution >= 4 is 11.5 Å². The molecule has 3 aromatic rings. The Morgan fingerprint density at radius 2 is 2.04 bits per heavy atom. The minimum absolute atomic E-state index is 0.366. The summed E-state index contributed by atoms with van der Waals surface area (Å²) in [5, 5.41) is 4.71. The molecule has 0 saturated carbocycles. The van der Waals surface area contributed by atoms with E-state index in [1.165, 1.54) is 6.42 Å². The van der Waals surface area contributed by atoms with Gasteiger partial charge in [0.1, 0.15) is 18.2 Å². The third-order valence-corrected chi connectivity index (χ3v) is 4.28. The van der Waals surface area contributed by atoms with Crippen LogP contribution in [0.4, 0.5) is 5.82 Å². The van der Waals surface area contributed by atoms with Gasteiger partial charge >= 0.3 is 0 Å². The molecular weight excluding hydrogens is 288 g/mol. The number of anilines is 1. The highest BCUT2D eigenvalue weighted by Crippen LogP contribution is 2.25. The van der Waals surface area contributed by atoms with Crippen LogP contribution in [0.3, 0.4) is 0 Å². The first-order valence-electron chi connectivity index (χ1n) is 8.07. The third kappa shape index (κ3) is 2.86. The molecule has 0 bridgehead atoms. The van der Waals surface area contributed by atoms with Gasteiger partial charge in [-0.3, -0.25) is 0 Å². The average molecular weight is 308 g/mol. The van der Waals surface area contributed by atoms with Gasteiger partial charge in [-0.1, -0.05) is 18.2 Å². The summed E-state index contributed by atoms with van der Waals surface area (Å²) in [5.41, 5.74) is 1.88. The van der Waals surface area contributed by atoms with Crippen molar-refractivity contribution < 1.29 is 4.74 Å². The van der Waals surface area contributed by atoms with Crippen molar-refractivity contribution in [2.75, 3.05) is 18.1 Å². The van der Waals surface area contributed by atoms with Crippen LogP contribution < -0.4 is 9.64 Å². The molecule has 1 aliphatic rings. The zero-order valence-corrected chi connectivity index (χ0v) is 13.2. The molecule has 0 N–H and O–H groups in total. The van der Waals surface area contributed by atoms with Gasteiger partial charge in [0.05, 0.1) is 17.9 Å². The number of hydrogen-bond acceptors (Lipinski definition) is 4. The van der Waals surface area contributed by atoms with Gasteiger partial charge in [0.25, 0.3) is 0 Å². The number of para-hydroxylation sites is 1. The van der Waals surface area contributed by atoms with Gasteiger partial charge in [0.2, 0.25) is 0 Å². The first kappa shape index (κ1) is 14.1. The average Bonchev–Trinajstić information content (AvgIpc) is 3.18. The van der Waals surface area contributed by atoms with Crippen molar-refractivity contribution in [3.05, 3.63) is 54.4 Å². The second-order valence-electron chi connectivity index (χ2n) is 5.99. The Bertz CT molecular complexity index is 799. The number of aromatic nitrogens is 3. The normalized spacial score (nSPS) is 17.8. The number of fused-ring (bicyclic) bond motifs is 1. The molecule has 1 saturated heterocycles. The van der Waals surface area contributed by atoms with Crippen LogP contribution in [0.1, 0.15) is 18.5 Å². The van der Waals surface area contributed by atoms with Crippen molar-refractivity contribution in [2.45, 2.75) is 25.8 Å². The molecule has 0 unspecified atom stereocenters. The van der Waals surface area contributed by atoms with Crippen LogP contribution in [0.25, 0.3) is 5.65 Å². The first-order valence-corrected chi connectivity index (χ1v) is 8.07. The maximum Gasteiger partial charge on any atom is 0.153 e. The molecule has 0 radical (unpaired) electrons. The van der Waals surface area contributed by atoms with Crippen LogP contribution in [-0.2, 0) is 0 Å². The number of rotatable bonds is 4. The Morgan fingerprint density at radius 1 is 1.17 bits per heavy atom. The highest BCUT2D eigenvalue weighted by molar-refractivity contribution is 5.48. The maximum atomic E-state index is 5.94. The van der Waals surface area contributed by atoms with Gasteiger partial charge < -0.3 is 9.64 Å². The molecule has 1 fully saturated rings. The second kappa shape index (κ2) is 5.91.